The number of methoxy groups -OCH3 is 1. The van der Waals surface area contributed by atoms with Crippen LogP contribution in [0.4, 0.5) is 0 Å². The lowest BCUT2D eigenvalue weighted by atomic mass is 9.71. The second-order valence-electron chi connectivity index (χ2n) is 5.16. The summed E-state index contributed by atoms with van der Waals surface area (Å²) in [5.41, 5.74) is 0.275. The number of aliphatic hydroxyl groups is 1. The Morgan fingerprint density at radius 2 is 2.28 bits per heavy atom. The van der Waals surface area contributed by atoms with Crippen molar-refractivity contribution in [2.45, 2.75) is 31.3 Å². The van der Waals surface area contributed by atoms with E-state index in [1.807, 2.05) is 31.3 Å². The Kier molecular flexibility index (Phi) is 4.25. The molecule has 100 valence electrons. The van der Waals surface area contributed by atoms with E-state index in [4.69, 9.17) is 4.74 Å². The van der Waals surface area contributed by atoms with E-state index in [9.17, 15) is 5.11 Å². The van der Waals surface area contributed by atoms with Gasteiger partial charge in [0.05, 0.1) is 12.7 Å². The van der Waals surface area contributed by atoms with Crippen LogP contribution in [0.5, 0.6) is 5.75 Å². The van der Waals surface area contributed by atoms with Crippen LogP contribution in [-0.4, -0.2) is 25.8 Å². The zero-order chi connectivity index (χ0) is 13.0. The van der Waals surface area contributed by atoms with Crippen LogP contribution in [0, 0.1) is 5.92 Å². The maximum Gasteiger partial charge on any atom is 0.119 e. The van der Waals surface area contributed by atoms with Crippen molar-refractivity contribution < 1.29 is 9.84 Å². The van der Waals surface area contributed by atoms with Gasteiger partial charge in [-0.1, -0.05) is 25.0 Å². The molecule has 3 nitrogen and oxygen atoms in total. The number of hydrogen-bond acceptors (Lipinski definition) is 3. The molecule has 3 heteroatoms. The first-order valence-electron chi connectivity index (χ1n) is 6.72. The van der Waals surface area contributed by atoms with Gasteiger partial charge in [-0.25, -0.2) is 0 Å². The summed E-state index contributed by atoms with van der Waals surface area (Å²) in [5, 5.41) is 14.3. The average molecular weight is 249 g/mol. The van der Waals surface area contributed by atoms with Crippen molar-refractivity contribution in [2.24, 2.45) is 5.92 Å². The molecule has 1 aliphatic rings. The molecule has 0 aliphatic heterocycles. The van der Waals surface area contributed by atoms with Gasteiger partial charge in [0.15, 0.2) is 0 Å². The molecule has 0 saturated heterocycles. The van der Waals surface area contributed by atoms with Crippen molar-refractivity contribution in [1.29, 1.82) is 0 Å². The van der Waals surface area contributed by atoms with E-state index in [0.29, 0.717) is 0 Å². The molecule has 1 fully saturated rings. The molecular formula is C15H23NO2. The number of hydrogen-bond donors (Lipinski definition) is 2. The van der Waals surface area contributed by atoms with Crippen molar-refractivity contribution in [3.63, 3.8) is 0 Å². The molecule has 2 N–H and O–H groups in total. The van der Waals surface area contributed by atoms with Crippen LogP contribution < -0.4 is 10.1 Å². The molecule has 2 rings (SSSR count). The monoisotopic (exact) mass is 249 g/mol. The van der Waals surface area contributed by atoms with Gasteiger partial charge < -0.3 is 15.2 Å². The highest BCUT2D eigenvalue weighted by Gasteiger charge is 2.39. The Bertz CT molecular complexity index is 392. The molecule has 0 aromatic heterocycles. The zero-order valence-electron chi connectivity index (χ0n) is 11.3. The Morgan fingerprint density at radius 3 is 3.00 bits per heavy atom. The maximum atomic E-state index is 11.1. The lowest BCUT2D eigenvalue weighted by Gasteiger charge is -2.40. The quantitative estimate of drug-likeness (QED) is 0.860. The van der Waals surface area contributed by atoms with E-state index in [0.717, 1.165) is 37.1 Å². The normalized spacial score (nSPS) is 28.1. The summed E-state index contributed by atoms with van der Waals surface area (Å²) in [5.74, 6) is 1.10. The van der Waals surface area contributed by atoms with Crippen molar-refractivity contribution >= 4 is 0 Å². The zero-order valence-corrected chi connectivity index (χ0v) is 11.3. The van der Waals surface area contributed by atoms with E-state index in [1.54, 1.807) is 7.11 Å². The van der Waals surface area contributed by atoms with Crippen LogP contribution in [-0.2, 0) is 5.60 Å². The van der Waals surface area contributed by atoms with Gasteiger partial charge in [-0.15, -0.1) is 0 Å². The number of rotatable bonds is 4. The van der Waals surface area contributed by atoms with Gasteiger partial charge in [0, 0.05) is 12.5 Å². The SMILES string of the molecule is CNC[C@@H]1CCCC[C@@]1(O)c1cccc(OC)c1. The minimum absolute atomic E-state index is 0.281. The van der Waals surface area contributed by atoms with Gasteiger partial charge >= 0.3 is 0 Å². The van der Waals surface area contributed by atoms with Crippen LogP contribution in [0.2, 0.25) is 0 Å². The molecule has 1 aliphatic carbocycles. The molecule has 2 atom stereocenters. The Labute approximate surface area is 109 Å². The summed E-state index contributed by atoms with van der Waals surface area (Å²) in [4.78, 5) is 0. The molecular weight excluding hydrogens is 226 g/mol. The van der Waals surface area contributed by atoms with Gasteiger partial charge in [-0.3, -0.25) is 0 Å². The molecule has 18 heavy (non-hydrogen) atoms. The lowest BCUT2D eigenvalue weighted by Crippen LogP contribution is -2.42. The fourth-order valence-electron chi connectivity index (χ4n) is 3.02. The molecule has 0 unspecified atom stereocenters. The highest BCUT2D eigenvalue weighted by molar-refractivity contribution is 5.33. The van der Waals surface area contributed by atoms with E-state index in [2.05, 4.69) is 5.32 Å². The average Bonchev–Trinajstić information content (AvgIpc) is 2.42. The van der Waals surface area contributed by atoms with E-state index in [-0.39, 0.29) is 5.92 Å². The fourth-order valence-corrected chi connectivity index (χ4v) is 3.02. The third-order valence-corrected chi connectivity index (χ3v) is 4.06. The van der Waals surface area contributed by atoms with Gasteiger partial charge in [0.2, 0.25) is 0 Å². The second kappa shape index (κ2) is 5.72. The Morgan fingerprint density at radius 1 is 1.44 bits per heavy atom. The van der Waals surface area contributed by atoms with E-state index < -0.39 is 5.60 Å². The summed E-state index contributed by atoms with van der Waals surface area (Å²) < 4.78 is 5.26. The minimum Gasteiger partial charge on any atom is -0.497 e. The predicted octanol–water partition coefficient (Wildman–Crippen LogP) is 2.29. The van der Waals surface area contributed by atoms with Crippen molar-refractivity contribution in [3.8, 4) is 5.75 Å². The molecule has 0 bridgehead atoms. The van der Waals surface area contributed by atoms with Crippen molar-refractivity contribution in [1.82, 2.24) is 5.32 Å². The van der Waals surface area contributed by atoms with Gasteiger partial charge in [-0.05, 0) is 37.6 Å². The smallest absolute Gasteiger partial charge is 0.119 e. The van der Waals surface area contributed by atoms with Gasteiger partial charge in [0.25, 0.3) is 0 Å². The summed E-state index contributed by atoms with van der Waals surface area (Å²) >= 11 is 0. The fraction of sp³-hybridized carbons (Fsp3) is 0.600. The topological polar surface area (TPSA) is 41.5 Å². The Hall–Kier alpha value is -1.06. The summed E-state index contributed by atoms with van der Waals surface area (Å²) in [7, 11) is 3.61. The first-order valence-corrected chi connectivity index (χ1v) is 6.72. The lowest BCUT2D eigenvalue weighted by molar-refractivity contribution is -0.0531. The minimum atomic E-state index is -0.713. The Balaban J connectivity index is 2.30. The maximum absolute atomic E-state index is 11.1. The van der Waals surface area contributed by atoms with Crippen LogP contribution in [0.15, 0.2) is 24.3 Å². The predicted molar refractivity (Wildman–Crippen MR) is 72.8 cm³/mol. The molecule has 0 spiro atoms. The number of ether oxygens (including phenoxy) is 1. The van der Waals surface area contributed by atoms with Gasteiger partial charge in [-0.2, -0.15) is 0 Å². The van der Waals surface area contributed by atoms with Crippen molar-refractivity contribution in [2.75, 3.05) is 20.7 Å². The van der Waals surface area contributed by atoms with Gasteiger partial charge in [0.1, 0.15) is 5.75 Å². The van der Waals surface area contributed by atoms with Crippen LogP contribution >= 0.6 is 0 Å². The number of benzene rings is 1. The third kappa shape index (κ3) is 2.52. The molecule has 1 saturated carbocycles. The van der Waals surface area contributed by atoms with Crippen LogP contribution in [0.1, 0.15) is 31.2 Å². The van der Waals surface area contributed by atoms with Crippen LogP contribution in [0.25, 0.3) is 0 Å². The highest BCUT2D eigenvalue weighted by Crippen LogP contribution is 2.42. The third-order valence-electron chi connectivity index (χ3n) is 4.06. The summed E-state index contributed by atoms with van der Waals surface area (Å²) in [6, 6.07) is 7.85. The first kappa shape index (κ1) is 13.4. The highest BCUT2D eigenvalue weighted by atomic mass is 16.5. The largest absolute Gasteiger partial charge is 0.497 e. The number of nitrogens with one attached hydrogen (secondary N) is 1. The summed E-state index contributed by atoms with van der Waals surface area (Å²) in [6.07, 6.45) is 4.22. The molecule has 1 aromatic rings. The van der Waals surface area contributed by atoms with E-state index >= 15 is 0 Å². The van der Waals surface area contributed by atoms with Crippen LogP contribution in [0.3, 0.4) is 0 Å². The standard InChI is InChI=1S/C15H23NO2/c1-16-11-13-6-3-4-9-15(13,17)12-7-5-8-14(10-12)18-2/h5,7-8,10,13,16-17H,3-4,6,9,11H2,1-2H3/t13-,15+/m0/s1. The molecule has 0 heterocycles. The van der Waals surface area contributed by atoms with Crippen molar-refractivity contribution in [3.05, 3.63) is 29.8 Å². The summed E-state index contributed by atoms with van der Waals surface area (Å²) in [6.45, 7) is 0.855. The molecule has 0 radical (unpaired) electrons. The van der Waals surface area contributed by atoms with E-state index in [1.165, 1.54) is 6.42 Å². The second-order valence-corrected chi connectivity index (χ2v) is 5.16. The molecule has 0 amide bonds. The first-order chi connectivity index (χ1) is 8.70. The molecule has 1 aromatic carbocycles.